The normalized spacial score (nSPS) is 18.6. The second-order valence-corrected chi connectivity index (χ2v) is 5.94. The minimum Gasteiger partial charge on any atom is -0.364 e. The number of carbonyl (C=O) groups excluding carboxylic acids is 2. The molecule has 3 heterocycles. The van der Waals surface area contributed by atoms with Crippen molar-refractivity contribution in [2.45, 2.75) is 6.04 Å². The highest BCUT2D eigenvalue weighted by Crippen LogP contribution is 2.23. The van der Waals surface area contributed by atoms with Crippen molar-refractivity contribution in [2.75, 3.05) is 26.7 Å². The molecule has 0 aromatic carbocycles. The van der Waals surface area contributed by atoms with Crippen LogP contribution in [0.5, 0.6) is 0 Å². The number of primary amides is 1. The molecule has 1 atom stereocenters. The molecule has 0 bridgehead atoms. The van der Waals surface area contributed by atoms with Gasteiger partial charge < -0.3 is 15.2 Å². The van der Waals surface area contributed by atoms with Gasteiger partial charge in [0.2, 0.25) is 0 Å². The van der Waals surface area contributed by atoms with E-state index in [1.165, 1.54) is 12.3 Å². The Morgan fingerprint density at radius 3 is 2.58 bits per heavy atom. The molecule has 8 heteroatoms. The first-order chi connectivity index (χ1) is 11.5. The van der Waals surface area contributed by atoms with Crippen LogP contribution in [0, 0.1) is 0 Å². The Labute approximate surface area is 139 Å². The molecular weight excluding hydrogens is 308 g/mol. The average Bonchev–Trinajstić information content (AvgIpc) is 3.00. The van der Waals surface area contributed by atoms with Crippen molar-refractivity contribution < 1.29 is 9.59 Å². The molecule has 1 saturated heterocycles. The van der Waals surface area contributed by atoms with Gasteiger partial charge in [-0.25, -0.2) is 4.98 Å². The summed E-state index contributed by atoms with van der Waals surface area (Å²) in [4.78, 5) is 36.1. The average molecular weight is 328 g/mol. The number of hydrogen-bond acceptors (Lipinski definition) is 5. The van der Waals surface area contributed by atoms with E-state index >= 15 is 0 Å². The van der Waals surface area contributed by atoms with E-state index < -0.39 is 5.91 Å². The minimum atomic E-state index is -0.608. The van der Waals surface area contributed by atoms with Crippen LogP contribution in [0.2, 0.25) is 0 Å². The Kier molecular flexibility index (Phi) is 4.30. The van der Waals surface area contributed by atoms with Gasteiger partial charge in [-0.2, -0.15) is 0 Å². The van der Waals surface area contributed by atoms with E-state index in [0.717, 1.165) is 12.4 Å². The van der Waals surface area contributed by atoms with Gasteiger partial charge in [-0.05, 0) is 19.2 Å². The number of pyridine rings is 1. The summed E-state index contributed by atoms with van der Waals surface area (Å²) in [6.07, 6.45) is 5.06. The number of nitrogens with zero attached hydrogens (tertiary/aromatic N) is 5. The summed E-state index contributed by atoms with van der Waals surface area (Å²) in [6, 6.07) is 3.10. The lowest BCUT2D eigenvalue weighted by atomic mass is 10.1. The predicted molar refractivity (Wildman–Crippen MR) is 87.2 cm³/mol. The smallest absolute Gasteiger partial charge is 0.267 e. The Bertz CT molecular complexity index is 754. The highest BCUT2D eigenvalue weighted by molar-refractivity contribution is 5.95. The van der Waals surface area contributed by atoms with Crippen molar-refractivity contribution in [1.29, 1.82) is 0 Å². The number of piperazine rings is 1. The van der Waals surface area contributed by atoms with E-state index in [9.17, 15) is 9.59 Å². The highest BCUT2D eigenvalue weighted by atomic mass is 16.2. The third-order valence-electron chi connectivity index (χ3n) is 4.35. The first kappa shape index (κ1) is 16.1. The first-order valence-corrected chi connectivity index (χ1v) is 7.70. The minimum absolute atomic E-state index is 0.0422. The number of likely N-dealkylation sites (N-methyl/N-ethyl adjacent to an activating group) is 1. The quantitative estimate of drug-likeness (QED) is 0.858. The summed E-state index contributed by atoms with van der Waals surface area (Å²) in [5.41, 5.74) is 5.77. The number of amides is 2. The summed E-state index contributed by atoms with van der Waals surface area (Å²) in [6.45, 7) is 1.95. The number of hydrogen-bond donors (Lipinski definition) is 1. The standard InChI is InChI=1S/C16H20N6O2/c1-20-7-8-22(10-13(20)15-18-5-6-21(15)2)16(24)11-3-4-12(14(17)23)19-9-11/h3-6,9,13H,7-8,10H2,1-2H3,(H2,17,23). The Hall–Kier alpha value is -2.74. The van der Waals surface area contributed by atoms with Gasteiger partial charge in [0.25, 0.3) is 11.8 Å². The first-order valence-electron chi connectivity index (χ1n) is 7.70. The summed E-state index contributed by atoms with van der Waals surface area (Å²) in [5.74, 6) is 0.214. The number of aryl methyl sites for hydroxylation is 1. The molecule has 126 valence electrons. The lowest BCUT2D eigenvalue weighted by Gasteiger charge is -2.39. The van der Waals surface area contributed by atoms with Gasteiger partial charge in [0, 0.05) is 45.3 Å². The lowest BCUT2D eigenvalue weighted by Crippen LogP contribution is -2.49. The Morgan fingerprint density at radius 1 is 1.21 bits per heavy atom. The van der Waals surface area contributed by atoms with Crippen molar-refractivity contribution in [3.05, 3.63) is 47.8 Å². The van der Waals surface area contributed by atoms with Crippen molar-refractivity contribution in [1.82, 2.24) is 24.3 Å². The van der Waals surface area contributed by atoms with Crippen LogP contribution < -0.4 is 5.73 Å². The van der Waals surface area contributed by atoms with E-state index in [0.29, 0.717) is 18.7 Å². The number of carbonyl (C=O) groups is 2. The maximum absolute atomic E-state index is 12.7. The van der Waals surface area contributed by atoms with Crippen LogP contribution in [0.15, 0.2) is 30.7 Å². The summed E-state index contributed by atoms with van der Waals surface area (Å²) in [5, 5.41) is 0. The molecule has 3 rings (SSSR count). The van der Waals surface area contributed by atoms with Crippen LogP contribution in [0.1, 0.15) is 32.7 Å². The molecule has 1 unspecified atom stereocenters. The van der Waals surface area contributed by atoms with Crippen molar-refractivity contribution >= 4 is 11.8 Å². The van der Waals surface area contributed by atoms with Gasteiger partial charge in [-0.15, -0.1) is 0 Å². The molecule has 1 fully saturated rings. The molecule has 0 spiro atoms. The Morgan fingerprint density at radius 2 is 2.00 bits per heavy atom. The summed E-state index contributed by atoms with van der Waals surface area (Å²) in [7, 11) is 3.98. The van der Waals surface area contributed by atoms with Crippen LogP contribution in [0.25, 0.3) is 0 Å². The summed E-state index contributed by atoms with van der Waals surface area (Å²) >= 11 is 0. The van der Waals surface area contributed by atoms with E-state index in [-0.39, 0.29) is 17.6 Å². The van der Waals surface area contributed by atoms with Crippen LogP contribution in [0.4, 0.5) is 0 Å². The van der Waals surface area contributed by atoms with E-state index in [2.05, 4.69) is 14.9 Å². The number of aromatic nitrogens is 3. The lowest BCUT2D eigenvalue weighted by molar-refractivity contribution is 0.0528. The third-order valence-corrected chi connectivity index (χ3v) is 4.35. The van der Waals surface area contributed by atoms with Gasteiger partial charge in [0.1, 0.15) is 11.5 Å². The molecule has 2 aromatic rings. The molecule has 0 aliphatic carbocycles. The zero-order valence-corrected chi connectivity index (χ0v) is 13.7. The molecule has 2 amide bonds. The fraction of sp³-hybridized carbons (Fsp3) is 0.375. The molecule has 1 aliphatic heterocycles. The zero-order valence-electron chi connectivity index (χ0n) is 13.7. The molecule has 2 N–H and O–H groups in total. The summed E-state index contributed by atoms with van der Waals surface area (Å²) < 4.78 is 1.97. The van der Waals surface area contributed by atoms with Crippen LogP contribution >= 0.6 is 0 Å². The largest absolute Gasteiger partial charge is 0.364 e. The number of imidazole rings is 1. The van der Waals surface area contributed by atoms with Crippen molar-refractivity contribution in [3.8, 4) is 0 Å². The highest BCUT2D eigenvalue weighted by Gasteiger charge is 2.31. The second kappa shape index (κ2) is 6.40. The number of rotatable bonds is 3. The van der Waals surface area contributed by atoms with Crippen molar-refractivity contribution in [2.24, 2.45) is 12.8 Å². The molecule has 8 nitrogen and oxygen atoms in total. The van der Waals surface area contributed by atoms with E-state index in [1.54, 1.807) is 17.2 Å². The van der Waals surface area contributed by atoms with Gasteiger partial charge in [-0.3, -0.25) is 19.5 Å². The SMILES string of the molecule is CN1CCN(C(=O)c2ccc(C(N)=O)nc2)CC1c1nccn1C. The molecule has 1 aliphatic rings. The zero-order chi connectivity index (χ0) is 17.3. The van der Waals surface area contributed by atoms with Gasteiger partial charge in [0.05, 0.1) is 11.6 Å². The molecule has 2 aromatic heterocycles. The molecule has 24 heavy (non-hydrogen) atoms. The number of nitrogens with two attached hydrogens (primary N) is 1. The van der Waals surface area contributed by atoms with Gasteiger partial charge >= 0.3 is 0 Å². The predicted octanol–water partition coefficient (Wildman–Crippen LogP) is 0.0429. The molecular formula is C16H20N6O2. The van der Waals surface area contributed by atoms with Crippen LogP contribution in [-0.2, 0) is 7.05 Å². The maximum Gasteiger partial charge on any atom is 0.267 e. The Balaban J connectivity index is 1.78. The molecule has 0 saturated carbocycles. The van der Waals surface area contributed by atoms with Gasteiger partial charge in [-0.1, -0.05) is 0 Å². The fourth-order valence-electron chi connectivity index (χ4n) is 2.88. The monoisotopic (exact) mass is 328 g/mol. The van der Waals surface area contributed by atoms with Crippen LogP contribution in [0.3, 0.4) is 0 Å². The van der Waals surface area contributed by atoms with Crippen molar-refractivity contribution in [3.63, 3.8) is 0 Å². The van der Waals surface area contributed by atoms with E-state index in [1.807, 2.05) is 24.9 Å². The third kappa shape index (κ3) is 3.00. The fourth-order valence-corrected chi connectivity index (χ4v) is 2.88. The van der Waals surface area contributed by atoms with Crippen LogP contribution in [-0.4, -0.2) is 62.8 Å². The van der Waals surface area contributed by atoms with Gasteiger partial charge in [0.15, 0.2) is 0 Å². The topological polar surface area (TPSA) is 97.3 Å². The second-order valence-electron chi connectivity index (χ2n) is 5.94. The maximum atomic E-state index is 12.7. The molecule has 0 radical (unpaired) electrons. The van der Waals surface area contributed by atoms with E-state index in [4.69, 9.17) is 5.73 Å².